The van der Waals surface area contributed by atoms with E-state index in [1.54, 1.807) is 26.2 Å². The van der Waals surface area contributed by atoms with Crippen LogP contribution < -0.4 is 5.32 Å². The minimum atomic E-state index is -0.734. The van der Waals surface area contributed by atoms with Crippen molar-refractivity contribution in [3.05, 3.63) is 21.3 Å². The van der Waals surface area contributed by atoms with Crippen LogP contribution in [0.4, 0.5) is 5.69 Å². The summed E-state index contributed by atoms with van der Waals surface area (Å²) in [6.07, 6.45) is 3.41. The molecule has 0 bridgehead atoms. The number of nitrogens with zero attached hydrogens (tertiary/aromatic N) is 1. The van der Waals surface area contributed by atoms with Crippen LogP contribution >= 0.6 is 31.9 Å². The molecule has 5 heteroatoms. The molecule has 2 N–H and O–H groups in total. The summed E-state index contributed by atoms with van der Waals surface area (Å²) >= 11 is 6.76. The minimum Gasteiger partial charge on any atom is -0.389 e. The third-order valence-electron chi connectivity index (χ3n) is 1.55. The first kappa shape index (κ1) is 11.9. The van der Waals surface area contributed by atoms with E-state index in [1.165, 1.54) is 0 Å². The molecule has 0 aliphatic carbocycles. The van der Waals surface area contributed by atoms with E-state index in [1.807, 2.05) is 0 Å². The number of halogens is 2. The Morgan fingerprint density at radius 3 is 2.29 bits per heavy atom. The second kappa shape index (κ2) is 4.59. The van der Waals surface area contributed by atoms with E-state index in [0.29, 0.717) is 6.54 Å². The highest BCUT2D eigenvalue weighted by molar-refractivity contribution is 9.11. The molecule has 0 aliphatic heterocycles. The minimum absolute atomic E-state index is 0.480. The molecule has 0 amide bonds. The van der Waals surface area contributed by atoms with Crippen LogP contribution in [0.25, 0.3) is 0 Å². The number of hydrogen-bond acceptors (Lipinski definition) is 3. The fraction of sp³-hybridized carbons (Fsp3) is 0.444. The largest absolute Gasteiger partial charge is 0.389 e. The number of aliphatic hydroxyl groups is 1. The van der Waals surface area contributed by atoms with Crippen LogP contribution in [0.15, 0.2) is 21.3 Å². The number of nitrogens with one attached hydrogen (secondary N) is 1. The van der Waals surface area contributed by atoms with Crippen LogP contribution in [0, 0.1) is 0 Å². The molecule has 14 heavy (non-hydrogen) atoms. The summed E-state index contributed by atoms with van der Waals surface area (Å²) in [5.41, 5.74) is 0.171. The van der Waals surface area contributed by atoms with Crippen molar-refractivity contribution in [2.75, 3.05) is 11.9 Å². The zero-order chi connectivity index (χ0) is 10.8. The molecular formula is C9H12Br2N2O. The van der Waals surface area contributed by atoms with Crippen molar-refractivity contribution in [3.8, 4) is 0 Å². The van der Waals surface area contributed by atoms with Crippen LogP contribution in [0.5, 0.6) is 0 Å². The lowest BCUT2D eigenvalue weighted by molar-refractivity contribution is 0.0945. The van der Waals surface area contributed by atoms with Crippen LogP contribution in [-0.2, 0) is 0 Å². The molecule has 0 unspecified atom stereocenters. The van der Waals surface area contributed by atoms with Gasteiger partial charge in [-0.2, -0.15) is 0 Å². The zero-order valence-electron chi connectivity index (χ0n) is 8.01. The van der Waals surface area contributed by atoms with E-state index >= 15 is 0 Å². The lowest BCUT2D eigenvalue weighted by Crippen LogP contribution is -2.29. The van der Waals surface area contributed by atoms with E-state index in [0.717, 1.165) is 14.6 Å². The maximum atomic E-state index is 9.55. The number of pyridine rings is 1. The molecule has 0 saturated heterocycles. The van der Waals surface area contributed by atoms with Crippen LogP contribution in [-0.4, -0.2) is 22.2 Å². The van der Waals surface area contributed by atoms with Crippen molar-refractivity contribution in [2.24, 2.45) is 0 Å². The van der Waals surface area contributed by atoms with Gasteiger partial charge in [-0.3, -0.25) is 4.98 Å². The normalized spacial score (nSPS) is 11.5. The monoisotopic (exact) mass is 322 g/mol. The van der Waals surface area contributed by atoms with Gasteiger partial charge in [-0.1, -0.05) is 0 Å². The summed E-state index contributed by atoms with van der Waals surface area (Å²) in [6.45, 7) is 3.99. The van der Waals surface area contributed by atoms with Gasteiger partial charge in [-0.05, 0) is 45.7 Å². The van der Waals surface area contributed by atoms with E-state index in [4.69, 9.17) is 0 Å². The predicted molar refractivity (Wildman–Crippen MR) is 64.4 cm³/mol. The average molecular weight is 324 g/mol. The van der Waals surface area contributed by atoms with Gasteiger partial charge >= 0.3 is 0 Å². The highest BCUT2D eigenvalue weighted by Gasteiger charge is 2.13. The lowest BCUT2D eigenvalue weighted by atomic mass is 10.1. The second-order valence-electron chi connectivity index (χ2n) is 3.64. The first-order valence-corrected chi connectivity index (χ1v) is 5.74. The molecule has 1 aromatic rings. The standard InChI is InChI=1S/C9H12Br2N2O/c1-9(2,14)5-13-8-6(10)3-12-4-7(8)11/h3-4,14H,5H2,1-2H3,(H,12,13). The number of hydrogen-bond donors (Lipinski definition) is 2. The van der Waals surface area contributed by atoms with E-state index in [2.05, 4.69) is 42.2 Å². The summed E-state index contributed by atoms with van der Waals surface area (Å²) < 4.78 is 1.74. The third-order valence-corrected chi connectivity index (χ3v) is 2.75. The van der Waals surface area contributed by atoms with E-state index < -0.39 is 5.60 Å². The number of rotatable bonds is 3. The Morgan fingerprint density at radius 1 is 1.36 bits per heavy atom. The third kappa shape index (κ3) is 3.55. The first-order chi connectivity index (χ1) is 6.40. The molecule has 0 atom stereocenters. The Labute approximate surface area is 100 Å². The summed E-state index contributed by atoms with van der Waals surface area (Å²) in [7, 11) is 0. The first-order valence-electron chi connectivity index (χ1n) is 4.15. The molecule has 1 aromatic heterocycles. The summed E-state index contributed by atoms with van der Waals surface area (Å²) in [5.74, 6) is 0. The zero-order valence-corrected chi connectivity index (χ0v) is 11.2. The molecule has 0 aliphatic rings. The van der Waals surface area contributed by atoms with Gasteiger partial charge in [-0.15, -0.1) is 0 Å². The Morgan fingerprint density at radius 2 is 1.86 bits per heavy atom. The summed E-state index contributed by atoms with van der Waals surface area (Å²) in [4.78, 5) is 3.99. The molecule has 1 rings (SSSR count). The van der Waals surface area contributed by atoms with Crippen LogP contribution in [0.2, 0.25) is 0 Å². The fourth-order valence-corrected chi connectivity index (χ4v) is 2.09. The SMILES string of the molecule is CC(C)(O)CNc1c(Br)cncc1Br. The number of aromatic nitrogens is 1. The molecule has 0 spiro atoms. The smallest absolute Gasteiger partial charge is 0.0763 e. The predicted octanol–water partition coefficient (Wildman–Crippen LogP) is 2.79. The summed E-state index contributed by atoms with van der Waals surface area (Å²) in [6, 6.07) is 0. The van der Waals surface area contributed by atoms with Crippen LogP contribution in [0.1, 0.15) is 13.8 Å². The van der Waals surface area contributed by atoms with Crippen molar-refractivity contribution < 1.29 is 5.11 Å². The quantitative estimate of drug-likeness (QED) is 0.899. The maximum Gasteiger partial charge on any atom is 0.0763 e. The average Bonchev–Trinajstić information content (AvgIpc) is 2.01. The highest BCUT2D eigenvalue weighted by atomic mass is 79.9. The Kier molecular flexibility index (Phi) is 3.92. The fourth-order valence-electron chi connectivity index (χ4n) is 0.885. The van der Waals surface area contributed by atoms with Gasteiger partial charge in [0.15, 0.2) is 0 Å². The van der Waals surface area contributed by atoms with E-state index in [9.17, 15) is 5.11 Å². The van der Waals surface area contributed by atoms with Crippen molar-refractivity contribution in [1.82, 2.24) is 4.98 Å². The molecular weight excluding hydrogens is 312 g/mol. The van der Waals surface area contributed by atoms with Crippen LogP contribution in [0.3, 0.4) is 0 Å². The van der Waals surface area contributed by atoms with Crippen molar-refractivity contribution >= 4 is 37.5 Å². The Balaban J connectivity index is 2.77. The molecule has 0 fully saturated rings. The highest BCUT2D eigenvalue weighted by Crippen LogP contribution is 2.29. The summed E-state index contributed by atoms with van der Waals surface area (Å²) in [5, 5.41) is 12.7. The second-order valence-corrected chi connectivity index (χ2v) is 5.35. The molecule has 3 nitrogen and oxygen atoms in total. The molecule has 78 valence electrons. The van der Waals surface area contributed by atoms with Crippen molar-refractivity contribution in [1.29, 1.82) is 0 Å². The molecule has 0 aromatic carbocycles. The van der Waals surface area contributed by atoms with Gasteiger partial charge in [0, 0.05) is 18.9 Å². The van der Waals surface area contributed by atoms with Gasteiger partial charge in [0.05, 0.1) is 20.2 Å². The Hall–Kier alpha value is -0.130. The van der Waals surface area contributed by atoms with E-state index in [-0.39, 0.29) is 0 Å². The van der Waals surface area contributed by atoms with Gasteiger partial charge in [0.2, 0.25) is 0 Å². The van der Waals surface area contributed by atoms with Crippen molar-refractivity contribution in [2.45, 2.75) is 19.4 Å². The van der Waals surface area contributed by atoms with Gasteiger partial charge in [0.1, 0.15) is 0 Å². The maximum absolute atomic E-state index is 9.55. The van der Waals surface area contributed by atoms with Crippen molar-refractivity contribution in [3.63, 3.8) is 0 Å². The topological polar surface area (TPSA) is 45.1 Å². The Bertz CT molecular complexity index is 303. The molecule has 0 saturated carbocycles. The lowest BCUT2D eigenvalue weighted by Gasteiger charge is -2.19. The molecule has 0 radical (unpaired) electrons. The van der Waals surface area contributed by atoms with Gasteiger partial charge in [0.25, 0.3) is 0 Å². The van der Waals surface area contributed by atoms with Gasteiger partial charge in [-0.25, -0.2) is 0 Å². The molecule has 1 heterocycles. The number of anilines is 1. The van der Waals surface area contributed by atoms with Gasteiger partial charge < -0.3 is 10.4 Å².